The van der Waals surface area contributed by atoms with Gasteiger partial charge in [-0.2, -0.15) is 0 Å². The molecule has 2 rings (SSSR count). The molecule has 0 radical (unpaired) electrons. The van der Waals surface area contributed by atoms with E-state index in [1.54, 1.807) is 0 Å². The second-order valence-corrected chi connectivity index (χ2v) is 5.89. The van der Waals surface area contributed by atoms with E-state index < -0.39 is 0 Å². The first-order chi connectivity index (χ1) is 8.28. The molecule has 2 aliphatic rings. The Balaban J connectivity index is 1.66. The third kappa shape index (κ3) is 4.07. The molecule has 0 aromatic rings. The average Bonchev–Trinajstić information content (AvgIpc) is 2.35. The van der Waals surface area contributed by atoms with Gasteiger partial charge in [-0.3, -0.25) is 0 Å². The number of carbonyl (C=O) groups is 1. The summed E-state index contributed by atoms with van der Waals surface area (Å²) in [4.78, 5) is 15.5. The van der Waals surface area contributed by atoms with Crippen LogP contribution in [0.5, 0.6) is 0 Å². The van der Waals surface area contributed by atoms with Crippen molar-refractivity contribution in [3.63, 3.8) is 0 Å². The van der Waals surface area contributed by atoms with Gasteiger partial charge < -0.3 is 14.6 Å². The van der Waals surface area contributed by atoms with Crippen LogP contribution in [0.15, 0.2) is 0 Å². The summed E-state index contributed by atoms with van der Waals surface area (Å²) in [6.45, 7) is 6.26. The van der Waals surface area contributed by atoms with Gasteiger partial charge in [-0.1, -0.05) is 0 Å². The monoisotopic (exact) mass is 238 g/mol. The molecule has 3 heteroatoms. The smallest absolute Gasteiger partial charge is 0.120 e. The Morgan fingerprint density at radius 2 is 1.59 bits per heavy atom. The molecule has 17 heavy (non-hydrogen) atoms. The fraction of sp³-hybridized carbons (Fsp3) is 0.929. The normalized spacial score (nSPS) is 26.2. The summed E-state index contributed by atoms with van der Waals surface area (Å²) in [5, 5.41) is 0. The van der Waals surface area contributed by atoms with Gasteiger partial charge in [0.15, 0.2) is 0 Å². The Morgan fingerprint density at radius 1 is 1.00 bits per heavy atom. The van der Waals surface area contributed by atoms with Gasteiger partial charge in [-0.25, -0.2) is 0 Å². The van der Waals surface area contributed by atoms with Crippen molar-refractivity contribution >= 4 is 6.29 Å². The van der Waals surface area contributed by atoms with Crippen molar-refractivity contribution < 1.29 is 4.79 Å². The van der Waals surface area contributed by atoms with E-state index in [9.17, 15) is 4.79 Å². The van der Waals surface area contributed by atoms with E-state index in [1.807, 2.05) is 0 Å². The van der Waals surface area contributed by atoms with Crippen molar-refractivity contribution in [2.75, 3.05) is 39.8 Å². The van der Waals surface area contributed by atoms with Crippen LogP contribution < -0.4 is 0 Å². The third-order valence-electron chi connectivity index (χ3n) is 4.49. The molecule has 3 nitrogen and oxygen atoms in total. The summed E-state index contributed by atoms with van der Waals surface area (Å²) < 4.78 is 0. The van der Waals surface area contributed by atoms with E-state index in [4.69, 9.17) is 0 Å². The second-order valence-electron chi connectivity index (χ2n) is 5.89. The van der Waals surface area contributed by atoms with Crippen LogP contribution in [0.4, 0.5) is 0 Å². The summed E-state index contributed by atoms with van der Waals surface area (Å²) >= 11 is 0. The molecule has 2 saturated heterocycles. The molecule has 0 unspecified atom stereocenters. The van der Waals surface area contributed by atoms with Crippen LogP contribution in [0.25, 0.3) is 0 Å². The van der Waals surface area contributed by atoms with E-state index in [0.29, 0.717) is 5.92 Å². The van der Waals surface area contributed by atoms with Gasteiger partial charge in [-0.05, 0) is 70.7 Å². The summed E-state index contributed by atoms with van der Waals surface area (Å²) in [6, 6.07) is 0. The van der Waals surface area contributed by atoms with Gasteiger partial charge in [0.1, 0.15) is 6.29 Å². The molecular formula is C14H26N2O. The second kappa shape index (κ2) is 6.50. The average molecular weight is 238 g/mol. The van der Waals surface area contributed by atoms with E-state index in [-0.39, 0.29) is 0 Å². The number of rotatable bonds is 4. The van der Waals surface area contributed by atoms with Gasteiger partial charge in [0.25, 0.3) is 0 Å². The summed E-state index contributed by atoms with van der Waals surface area (Å²) in [7, 11) is 2.22. The number of aldehydes is 1. The molecule has 0 aromatic heterocycles. The van der Waals surface area contributed by atoms with Gasteiger partial charge in [0.05, 0.1) is 0 Å². The lowest BCUT2D eigenvalue weighted by atomic mass is 9.91. The third-order valence-corrected chi connectivity index (χ3v) is 4.49. The predicted molar refractivity (Wildman–Crippen MR) is 70.1 cm³/mol. The molecule has 0 amide bonds. The molecule has 98 valence electrons. The van der Waals surface area contributed by atoms with E-state index in [1.165, 1.54) is 58.4 Å². The maximum absolute atomic E-state index is 10.5. The van der Waals surface area contributed by atoms with Crippen molar-refractivity contribution in [2.45, 2.75) is 32.1 Å². The molecule has 0 N–H and O–H groups in total. The van der Waals surface area contributed by atoms with Crippen LogP contribution in [0.2, 0.25) is 0 Å². The number of hydrogen-bond donors (Lipinski definition) is 0. The molecule has 0 saturated carbocycles. The van der Waals surface area contributed by atoms with Crippen LogP contribution in [0, 0.1) is 11.8 Å². The van der Waals surface area contributed by atoms with E-state index in [0.717, 1.165) is 18.6 Å². The molecular weight excluding hydrogens is 212 g/mol. The lowest BCUT2D eigenvalue weighted by molar-refractivity contribution is -0.108. The van der Waals surface area contributed by atoms with Crippen LogP contribution in [-0.2, 0) is 4.79 Å². The van der Waals surface area contributed by atoms with Gasteiger partial charge >= 0.3 is 0 Å². The number of nitrogens with zero attached hydrogens (tertiary/aromatic N) is 2. The maximum atomic E-state index is 10.5. The van der Waals surface area contributed by atoms with Gasteiger partial charge in [-0.15, -0.1) is 0 Å². The first kappa shape index (κ1) is 13.0. The van der Waals surface area contributed by atoms with Crippen molar-refractivity contribution in [3.8, 4) is 0 Å². The molecule has 0 aliphatic carbocycles. The highest BCUT2D eigenvalue weighted by molar-refractivity contribution is 5.49. The molecule has 2 heterocycles. The summed E-state index contributed by atoms with van der Waals surface area (Å²) in [6.07, 6.45) is 7.06. The molecule has 0 aromatic carbocycles. The highest BCUT2D eigenvalue weighted by Crippen LogP contribution is 2.23. The lowest BCUT2D eigenvalue weighted by Crippen LogP contribution is -2.40. The van der Waals surface area contributed by atoms with Crippen molar-refractivity contribution in [1.29, 1.82) is 0 Å². The molecule has 0 bridgehead atoms. The fourth-order valence-electron chi connectivity index (χ4n) is 3.15. The largest absolute Gasteiger partial charge is 0.306 e. The summed E-state index contributed by atoms with van der Waals surface area (Å²) in [5.74, 6) is 1.58. The Bertz CT molecular complexity index is 228. The molecule has 2 aliphatic heterocycles. The number of hydrogen-bond acceptors (Lipinski definition) is 3. The standard InChI is InChI=1S/C14H26N2O/c1-15-7-2-14(3-8-15)12-16-9-4-13(5-10-16)6-11-17/h11,13-14H,2-10,12H2,1H3. The highest BCUT2D eigenvalue weighted by Gasteiger charge is 2.23. The van der Waals surface area contributed by atoms with Crippen molar-refractivity contribution in [1.82, 2.24) is 9.80 Å². The van der Waals surface area contributed by atoms with Crippen LogP contribution in [0.1, 0.15) is 32.1 Å². The molecule has 0 spiro atoms. The molecule has 2 fully saturated rings. The van der Waals surface area contributed by atoms with Crippen LogP contribution in [-0.4, -0.2) is 55.9 Å². The lowest BCUT2D eigenvalue weighted by Gasteiger charge is -2.36. The van der Waals surface area contributed by atoms with Crippen molar-refractivity contribution in [2.24, 2.45) is 11.8 Å². The fourth-order valence-corrected chi connectivity index (χ4v) is 3.15. The number of carbonyl (C=O) groups excluding carboxylic acids is 1. The number of piperidine rings is 2. The zero-order chi connectivity index (χ0) is 12.1. The van der Waals surface area contributed by atoms with Crippen LogP contribution in [0.3, 0.4) is 0 Å². The van der Waals surface area contributed by atoms with Crippen molar-refractivity contribution in [3.05, 3.63) is 0 Å². The maximum Gasteiger partial charge on any atom is 0.120 e. The first-order valence-electron chi connectivity index (χ1n) is 7.12. The topological polar surface area (TPSA) is 23.6 Å². The van der Waals surface area contributed by atoms with Gasteiger partial charge in [0, 0.05) is 13.0 Å². The quantitative estimate of drug-likeness (QED) is 0.696. The SMILES string of the molecule is CN1CCC(CN2CCC(CC=O)CC2)CC1. The highest BCUT2D eigenvalue weighted by atomic mass is 16.1. The van der Waals surface area contributed by atoms with Gasteiger partial charge in [0.2, 0.25) is 0 Å². The minimum Gasteiger partial charge on any atom is -0.306 e. The first-order valence-corrected chi connectivity index (χ1v) is 7.12. The van der Waals surface area contributed by atoms with E-state index in [2.05, 4.69) is 16.8 Å². The minimum absolute atomic E-state index is 0.668. The molecule has 0 atom stereocenters. The zero-order valence-electron chi connectivity index (χ0n) is 11.1. The van der Waals surface area contributed by atoms with Crippen LogP contribution >= 0.6 is 0 Å². The zero-order valence-corrected chi connectivity index (χ0v) is 11.1. The number of likely N-dealkylation sites (tertiary alicyclic amines) is 2. The van der Waals surface area contributed by atoms with E-state index >= 15 is 0 Å². The Labute approximate surface area is 105 Å². The minimum atomic E-state index is 0.668. The Hall–Kier alpha value is -0.410. The predicted octanol–water partition coefficient (Wildman–Crippen LogP) is 1.63. The Kier molecular flexibility index (Phi) is 4.99. The Morgan fingerprint density at radius 3 is 2.18 bits per heavy atom. The summed E-state index contributed by atoms with van der Waals surface area (Å²) in [5.41, 5.74) is 0.